The lowest BCUT2D eigenvalue weighted by Crippen LogP contribution is -2.43. The van der Waals surface area contributed by atoms with E-state index in [0.29, 0.717) is 21.6 Å². The van der Waals surface area contributed by atoms with Crippen LogP contribution in [-0.2, 0) is 9.53 Å². The predicted molar refractivity (Wildman–Crippen MR) is 121 cm³/mol. The van der Waals surface area contributed by atoms with Crippen LogP contribution in [0.4, 0.5) is 5.82 Å². The Hall–Kier alpha value is -2.48. The highest BCUT2D eigenvalue weighted by atomic mass is 32.1. The maximum absolute atomic E-state index is 13.5. The Labute approximate surface area is 187 Å². The molecule has 0 spiro atoms. The average molecular weight is 446 g/mol. The van der Waals surface area contributed by atoms with Gasteiger partial charge in [-0.2, -0.15) is 0 Å². The van der Waals surface area contributed by atoms with Crippen molar-refractivity contribution < 1.29 is 19.1 Å². The SMILES string of the molecule is CCOC(=O)c1cn(-c2ccc(C(C)=O)s2)nc1N(C(=O)[C@H]1CC[C@H](C)CC1)C(C)C. The molecule has 2 aromatic rings. The molecule has 0 atom stereocenters. The Bertz CT molecular complexity index is 954. The van der Waals surface area contributed by atoms with Crippen LogP contribution < -0.4 is 4.90 Å². The van der Waals surface area contributed by atoms with Crippen molar-refractivity contribution in [2.45, 2.75) is 66.3 Å². The van der Waals surface area contributed by atoms with Crippen LogP contribution in [0.25, 0.3) is 5.00 Å². The lowest BCUT2D eigenvalue weighted by atomic mass is 9.82. The number of carbonyl (C=O) groups excluding carboxylic acids is 3. The molecule has 1 aliphatic rings. The molecule has 0 aliphatic heterocycles. The number of esters is 1. The van der Waals surface area contributed by atoms with Crippen LogP contribution >= 0.6 is 11.3 Å². The number of rotatable bonds is 7. The van der Waals surface area contributed by atoms with E-state index in [1.807, 2.05) is 13.8 Å². The molecule has 1 saturated carbocycles. The van der Waals surface area contributed by atoms with E-state index in [-0.39, 0.29) is 35.8 Å². The Balaban J connectivity index is 2.02. The van der Waals surface area contributed by atoms with Gasteiger partial charge < -0.3 is 4.74 Å². The summed E-state index contributed by atoms with van der Waals surface area (Å²) < 4.78 is 6.81. The van der Waals surface area contributed by atoms with Crippen LogP contribution in [0.5, 0.6) is 0 Å². The summed E-state index contributed by atoms with van der Waals surface area (Å²) in [6.07, 6.45) is 5.36. The van der Waals surface area contributed by atoms with E-state index < -0.39 is 5.97 Å². The average Bonchev–Trinajstić information content (AvgIpc) is 3.36. The summed E-state index contributed by atoms with van der Waals surface area (Å²) in [6.45, 7) is 9.56. The zero-order valence-corrected chi connectivity index (χ0v) is 19.7. The Morgan fingerprint density at radius 2 is 1.90 bits per heavy atom. The number of hydrogen-bond acceptors (Lipinski definition) is 6. The lowest BCUT2D eigenvalue weighted by Gasteiger charge is -2.32. The van der Waals surface area contributed by atoms with Gasteiger partial charge in [0, 0.05) is 18.2 Å². The molecule has 168 valence electrons. The topological polar surface area (TPSA) is 81.5 Å². The third kappa shape index (κ3) is 5.06. The van der Waals surface area contributed by atoms with Crippen molar-refractivity contribution in [3.05, 3.63) is 28.8 Å². The summed E-state index contributed by atoms with van der Waals surface area (Å²) in [5.74, 6) is 0.357. The fourth-order valence-corrected chi connectivity index (χ4v) is 4.78. The molecule has 0 unspecified atom stereocenters. The van der Waals surface area contributed by atoms with E-state index >= 15 is 0 Å². The smallest absolute Gasteiger partial charge is 0.343 e. The second kappa shape index (κ2) is 9.77. The van der Waals surface area contributed by atoms with E-state index in [1.54, 1.807) is 34.8 Å². The van der Waals surface area contributed by atoms with Crippen LogP contribution in [-0.4, -0.2) is 40.1 Å². The zero-order chi connectivity index (χ0) is 22.7. The van der Waals surface area contributed by atoms with Gasteiger partial charge in [0.1, 0.15) is 10.6 Å². The van der Waals surface area contributed by atoms with Crippen molar-refractivity contribution in [1.29, 1.82) is 0 Å². The molecule has 31 heavy (non-hydrogen) atoms. The minimum Gasteiger partial charge on any atom is -0.462 e. The van der Waals surface area contributed by atoms with E-state index in [4.69, 9.17) is 4.74 Å². The van der Waals surface area contributed by atoms with Gasteiger partial charge in [-0.15, -0.1) is 16.4 Å². The first kappa shape index (κ1) is 23.2. The maximum atomic E-state index is 13.5. The molecule has 0 saturated heterocycles. The standard InChI is InChI=1S/C23H31N3O4S/c1-6-30-23(29)18-13-25(20-12-11-19(31-20)16(5)27)24-21(18)26(14(2)3)22(28)17-9-7-15(4)8-10-17/h11-15,17H,6-10H2,1-5H3/t15-,17-. The molecular weight excluding hydrogens is 414 g/mol. The number of ketones is 1. The first-order valence-corrected chi connectivity index (χ1v) is 11.8. The predicted octanol–water partition coefficient (Wildman–Crippen LogP) is 4.88. The first-order chi connectivity index (χ1) is 14.7. The van der Waals surface area contributed by atoms with Crippen molar-refractivity contribution in [3.8, 4) is 5.00 Å². The van der Waals surface area contributed by atoms with Gasteiger partial charge in [-0.05, 0) is 71.4 Å². The highest BCUT2D eigenvalue weighted by Crippen LogP contribution is 2.33. The minimum absolute atomic E-state index is 0.00769. The quantitative estimate of drug-likeness (QED) is 0.448. The Morgan fingerprint density at radius 3 is 2.45 bits per heavy atom. The molecule has 0 radical (unpaired) electrons. The van der Waals surface area contributed by atoms with Gasteiger partial charge in [0.05, 0.1) is 11.5 Å². The van der Waals surface area contributed by atoms with Gasteiger partial charge in [0.25, 0.3) is 0 Å². The molecule has 7 nitrogen and oxygen atoms in total. The number of anilines is 1. The Morgan fingerprint density at radius 1 is 1.23 bits per heavy atom. The molecule has 1 aliphatic carbocycles. The fraction of sp³-hybridized carbons (Fsp3) is 0.565. The minimum atomic E-state index is -0.511. The van der Waals surface area contributed by atoms with Gasteiger partial charge in [-0.25, -0.2) is 9.48 Å². The molecule has 0 N–H and O–H groups in total. The molecule has 3 rings (SSSR count). The van der Waals surface area contributed by atoms with Crippen molar-refractivity contribution in [2.24, 2.45) is 11.8 Å². The van der Waals surface area contributed by atoms with Gasteiger partial charge in [0.2, 0.25) is 5.91 Å². The van der Waals surface area contributed by atoms with Crippen molar-refractivity contribution in [1.82, 2.24) is 9.78 Å². The fourth-order valence-electron chi connectivity index (χ4n) is 3.96. The summed E-state index contributed by atoms with van der Waals surface area (Å²) in [7, 11) is 0. The van der Waals surface area contributed by atoms with Crippen molar-refractivity contribution >= 4 is 34.8 Å². The van der Waals surface area contributed by atoms with Crippen molar-refractivity contribution in [3.63, 3.8) is 0 Å². The maximum Gasteiger partial charge on any atom is 0.343 e. The second-order valence-corrected chi connectivity index (χ2v) is 9.55. The summed E-state index contributed by atoms with van der Waals surface area (Å²) in [5.41, 5.74) is 0.255. The number of nitrogens with zero attached hydrogens (tertiary/aromatic N) is 3. The summed E-state index contributed by atoms with van der Waals surface area (Å²) in [5, 5.41) is 5.33. The molecule has 1 fully saturated rings. The highest BCUT2D eigenvalue weighted by molar-refractivity contribution is 7.16. The molecule has 1 amide bonds. The monoisotopic (exact) mass is 445 g/mol. The summed E-state index contributed by atoms with van der Waals surface area (Å²) in [4.78, 5) is 40.2. The zero-order valence-electron chi connectivity index (χ0n) is 18.9. The molecular formula is C23H31N3O4S. The van der Waals surface area contributed by atoms with Gasteiger partial charge in [-0.1, -0.05) is 6.92 Å². The van der Waals surface area contributed by atoms with E-state index in [1.165, 1.54) is 18.3 Å². The van der Waals surface area contributed by atoms with Gasteiger partial charge in [0.15, 0.2) is 11.6 Å². The van der Waals surface area contributed by atoms with Crippen molar-refractivity contribution in [2.75, 3.05) is 11.5 Å². The molecule has 8 heteroatoms. The number of ether oxygens (including phenoxy) is 1. The Kier molecular flexibility index (Phi) is 7.30. The molecule has 2 aromatic heterocycles. The number of hydrogen-bond donors (Lipinski definition) is 0. The summed E-state index contributed by atoms with van der Waals surface area (Å²) >= 11 is 1.29. The number of thiophene rings is 1. The molecule has 0 aromatic carbocycles. The van der Waals surface area contributed by atoms with Crippen LogP contribution in [0.3, 0.4) is 0 Å². The normalized spacial score (nSPS) is 18.8. The van der Waals surface area contributed by atoms with Crippen LogP contribution in [0.15, 0.2) is 18.3 Å². The van der Waals surface area contributed by atoms with Crippen LogP contribution in [0.2, 0.25) is 0 Å². The van der Waals surface area contributed by atoms with Gasteiger partial charge in [-0.3, -0.25) is 14.5 Å². The number of amides is 1. The van der Waals surface area contributed by atoms with Crippen LogP contribution in [0, 0.1) is 11.8 Å². The van der Waals surface area contributed by atoms with Crippen LogP contribution in [0.1, 0.15) is 80.3 Å². The molecule has 2 heterocycles. The highest BCUT2D eigenvalue weighted by Gasteiger charge is 2.34. The van der Waals surface area contributed by atoms with E-state index in [9.17, 15) is 14.4 Å². The number of carbonyl (C=O) groups is 3. The third-order valence-electron chi connectivity index (χ3n) is 5.70. The van der Waals surface area contributed by atoms with Gasteiger partial charge >= 0.3 is 5.97 Å². The third-order valence-corrected chi connectivity index (χ3v) is 6.88. The van der Waals surface area contributed by atoms with E-state index in [2.05, 4.69) is 12.0 Å². The largest absolute Gasteiger partial charge is 0.462 e. The molecule has 0 bridgehead atoms. The second-order valence-electron chi connectivity index (χ2n) is 8.48. The first-order valence-electron chi connectivity index (χ1n) is 10.9. The number of aromatic nitrogens is 2. The number of Topliss-reactive ketones (excluding diaryl/α,β-unsaturated/α-hetero) is 1. The lowest BCUT2D eigenvalue weighted by molar-refractivity contribution is -0.124. The summed E-state index contributed by atoms with van der Waals surface area (Å²) in [6, 6.07) is 3.36. The van der Waals surface area contributed by atoms with E-state index in [0.717, 1.165) is 25.7 Å².